The van der Waals surface area contributed by atoms with Gasteiger partial charge in [-0.1, -0.05) is 24.3 Å². The number of nitrogens with zero attached hydrogens (tertiary/aromatic N) is 1. The van der Waals surface area contributed by atoms with Crippen LogP contribution >= 0.6 is 24.8 Å². The summed E-state index contributed by atoms with van der Waals surface area (Å²) in [7, 11) is 4.12. The summed E-state index contributed by atoms with van der Waals surface area (Å²) >= 11 is 0. The fourth-order valence-electron chi connectivity index (χ4n) is 2.91. The van der Waals surface area contributed by atoms with Gasteiger partial charge in [-0.2, -0.15) is 0 Å². The molecule has 0 saturated carbocycles. The van der Waals surface area contributed by atoms with E-state index in [2.05, 4.69) is 60.8 Å². The lowest BCUT2D eigenvalue weighted by Gasteiger charge is -2.27. The highest BCUT2D eigenvalue weighted by atomic mass is 35.5. The zero-order valence-corrected chi connectivity index (χ0v) is 15.8. The van der Waals surface area contributed by atoms with Crippen LogP contribution in [0.15, 0.2) is 24.3 Å². The predicted molar refractivity (Wildman–Crippen MR) is 100 cm³/mol. The third-order valence-electron chi connectivity index (χ3n) is 3.95. The van der Waals surface area contributed by atoms with Crippen LogP contribution in [-0.2, 0) is 17.9 Å². The topological polar surface area (TPSA) is 44.4 Å². The van der Waals surface area contributed by atoms with E-state index in [0.717, 1.165) is 25.9 Å². The number of hydrogen-bond acceptors (Lipinski definition) is 3. The molecule has 0 aromatic heterocycles. The molecule has 0 aliphatic carbocycles. The Bertz CT molecular complexity index is 483. The third kappa shape index (κ3) is 7.53. The Hall–Kier alpha value is -0.810. The standard InChI is InChI=1S/C17H27N3O.2ClH/c1-13-9-16(7-8-18-13)17(21)19-11-14-5-4-6-15(10-14)12-20(2)3;;/h4-6,10,13,16,18H,7-9,11-12H2,1-3H3,(H,19,21);2*1H/t13-,16-;;/m0../s1. The molecule has 6 heteroatoms. The van der Waals surface area contributed by atoms with Crippen molar-refractivity contribution in [2.45, 2.75) is 38.9 Å². The van der Waals surface area contributed by atoms with E-state index in [9.17, 15) is 4.79 Å². The van der Waals surface area contributed by atoms with Crippen LogP contribution in [0.3, 0.4) is 0 Å². The number of rotatable bonds is 5. The average molecular weight is 362 g/mol. The second-order valence-electron chi connectivity index (χ2n) is 6.35. The minimum atomic E-state index is 0. The zero-order valence-electron chi connectivity index (χ0n) is 14.2. The van der Waals surface area contributed by atoms with Gasteiger partial charge in [-0.15, -0.1) is 24.8 Å². The molecule has 2 N–H and O–H groups in total. The molecular formula is C17H29Cl2N3O. The summed E-state index contributed by atoms with van der Waals surface area (Å²) in [6, 6.07) is 8.88. The van der Waals surface area contributed by atoms with Crippen LogP contribution in [0.4, 0.5) is 0 Å². The van der Waals surface area contributed by atoms with Crippen molar-refractivity contribution in [1.82, 2.24) is 15.5 Å². The maximum Gasteiger partial charge on any atom is 0.223 e. The summed E-state index contributed by atoms with van der Waals surface area (Å²) in [4.78, 5) is 14.4. The number of halogens is 2. The van der Waals surface area contributed by atoms with Crippen molar-refractivity contribution >= 4 is 30.7 Å². The summed E-state index contributed by atoms with van der Waals surface area (Å²) in [6.07, 6.45) is 1.88. The molecule has 1 aromatic carbocycles. The molecule has 0 radical (unpaired) electrons. The lowest BCUT2D eigenvalue weighted by molar-refractivity contribution is -0.126. The molecule has 2 rings (SSSR count). The molecule has 1 aliphatic heterocycles. The van der Waals surface area contributed by atoms with Gasteiger partial charge in [0.05, 0.1) is 0 Å². The van der Waals surface area contributed by atoms with Gasteiger partial charge in [-0.05, 0) is 51.5 Å². The van der Waals surface area contributed by atoms with Crippen molar-refractivity contribution in [3.05, 3.63) is 35.4 Å². The molecule has 0 unspecified atom stereocenters. The molecule has 1 amide bonds. The number of carbonyl (C=O) groups excluding carboxylic acids is 1. The largest absolute Gasteiger partial charge is 0.352 e. The average Bonchev–Trinajstić information content (AvgIpc) is 2.44. The minimum Gasteiger partial charge on any atom is -0.352 e. The number of amides is 1. The van der Waals surface area contributed by atoms with Gasteiger partial charge in [0.2, 0.25) is 5.91 Å². The highest BCUT2D eigenvalue weighted by Gasteiger charge is 2.24. The molecule has 1 heterocycles. The van der Waals surface area contributed by atoms with Crippen molar-refractivity contribution in [3.63, 3.8) is 0 Å². The summed E-state index contributed by atoms with van der Waals surface area (Å²) in [5.74, 6) is 0.354. The smallest absolute Gasteiger partial charge is 0.223 e. The van der Waals surface area contributed by atoms with Gasteiger partial charge in [0.1, 0.15) is 0 Å². The predicted octanol–water partition coefficient (Wildman–Crippen LogP) is 2.60. The number of carbonyl (C=O) groups is 1. The molecule has 23 heavy (non-hydrogen) atoms. The first-order valence-corrected chi connectivity index (χ1v) is 7.78. The van der Waals surface area contributed by atoms with Crippen molar-refractivity contribution < 1.29 is 4.79 Å². The normalized spacial score (nSPS) is 20.3. The number of benzene rings is 1. The van der Waals surface area contributed by atoms with E-state index < -0.39 is 0 Å². The number of hydrogen-bond donors (Lipinski definition) is 2. The quantitative estimate of drug-likeness (QED) is 0.846. The molecule has 1 fully saturated rings. The Morgan fingerprint density at radius 3 is 2.65 bits per heavy atom. The molecule has 132 valence electrons. The molecule has 1 saturated heterocycles. The Labute approximate surface area is 152 Å². The van der Waals surface area contributed by atoms with Gasteiger partial charge in [0, 0.05) is 25.0 Å². The molecule has 2 atom stereocenters. The molecule has 0 spiro atoms. The van der Waals surface area contributed by atoms with Crippen molar-refractivity contribution in [2.75, 3.05) is 20.6 Å². The van der Waals surface area contributed by atoms with Gasteiger partial charge in [0.25, 0.3) is 0 Å². The Kier molecular flexibility index (Phi) is 10.5. The fraction of sp³-hybridized carbons (Fsp3) is 0.588. The van der Waals surface area contributed by atoms with E-state index in [0.29, 0.717) is 12.6 Å². The van der Waals surface area contributed by atoms with Crippen LogP contribution in [0, 0.1) is 5.92 Å². The van der Waals surface area contributed by atoms with Crippen LogP contribution in [0.2, 0.25) is 0 Å². The SMILES string of the molecule is C[C@H]1C[C@@H](C(=O)NCc2cccc(CN(C)C)c2)CCN1.Cl.Cl. The summed E-state index contributed by atoms with van der Waals surface area (Å²) in [5.41, 5.74) is 2.45. The first-order valence-electron chi connectivity index (χ1n) is 7.78. The van der Waals surface area contributed by atoms with E-state index in [1.54, 1.807) is 0 Å². The van der Waals surface area contributed by atoms with Crippen LogP contribution in [0.1, 0.15) is 30.9 Å². The van der Waals surface area contributed by atoms with E-state index in [-0.39, 0.29) is 36.6 Å². The molecule has 1 aliphatic rings. The molecular weight excluding hydrogens is 333 g/mol. The van der Waals surface area contributed by atoms with E-state index >= 15 is 0 Å². The van der Waals surface area contributed by atoms with Crippen LogP contribution < -0.4 is 10.6 Å². The van der Waals surface area contributed by atoms with Gasteiger partial charge in [-0.3, -0.25) is 4.79 Å². The zero-order chi connectivity index (χ0) is 15.2. The second kappa shape index (κ2) is 10.9. The van der Waals surface area contributed by atoms with Gasteiger partial charge < -0.3 is 15.5 Å². The van der Waals surface area contributed by atoms with Crippen LogP contribution in [0.5, 0.6) is 0 Å². The lowest BCUT2D eigenvalue weighted by atomic mass is 9.92. The maximum atomic E-state index is 12.2. The first kappa shape index (κ1) is 22.2. The Balaban J connectivity index is 0.00000242. The Morgan fingerprint density at radius 2 is 2.00 bits per heavy atom. The third-order valence-corrected chi connectivity index (χ3v) is 3.95. The fourth-order valence-corrected chi connectivity index (χ4v) is 2.91. The van der Waals surface area contributed by atoms with Crippen molar-refractivity contribution in [3.8, 4) is 0 Å². The molecule has 1 aromatic rings. The van der Waals surface area contributed by atoms with Gasteiger partial charge in [0.15, 0.2) is 0 Å². The number of nitrogens with one attached hydrogen (secondary N) is 2. The second-order valence-corrected chi connectivity index (χ2v) is 6.35. The first-order chi connectivity index (χ1) is 10.0. The molecule has 0 bridgehead atoms. The van der Waals surface area contributed by atoms with E-state index in [1.807, 2.05) is 0 Å². The summed E-state index contributed by atoms with van der Waals surface area (Å²) in [6.45, 7) is 4.63. The Morgan fingerprint density at radius 1 is 1.30 bits per heavy atom. The van der Waals surface area contributed by atoms with Gasteiger partial charge >= 0.3 is 0 Å². The van der Waals surface area contributed by atoms with Crippen molar-refractivity contribution in [1.29, 1.82) is 0 Å². The monoisotopic (exact) mass is 361 g/mol. The minimum absolute atomic E-state index is 0. The number of piperidine rings is 1. The maximum absolute atomic E-state index is 12.2. The van der Waals surface area contributed by atoms with Crippen LogP contribution in [-0.4, -0.2) is 37.5 Å². The highest BCUT2D eigenvalue weighted by molar-refractivity contribution is 5.85. The summed E-state index contributed by atoms with van der Waals surface area (Å²) < 4.78 is 0. The van der Waals surface area contributed by atoms with Crippen molar-refractivity contribution in [2.24, 2.45) is 5.92 Å². The van der Waals surface area contributed by atoms with Gasteiger partial charge in [-0.25, -0.2) is 0 Å². The highest BCUT2D eigenvalue weighted by Crippen LogP contribution is 2.16. The van der Waals surface area contributed by atoms with Crippen LogP contribution in [0.25, 0.3) is 0 Å². The molecule has 4 nitrogen and oxygen atoms in total. The lowest BCUT2D eigenvalue weighted by Crippen LogP contribution is -2.42. The van der Waals surface area contributed by atoms with E-state index in [4.69, 9.17) is 0 Å². The van der Waals surface area contributed by atoms with E-state index in [1.165, 1.54) is 11.1 Å². The summed E-state index contributed by atoms with van der Waals surface area (Å²) in [5, 5.41) is 6.47.